The highest BCUT2D eigenvalue weighted by Crippen LogP contribution is 2.30. The van der Waals surface area contributed by atoms with Gasteiger partial charge in [0.1, 0.15) is 16.5 Å². The first kappa shape index (κ1) is 15.4. The standard InChI is InChI=1S/C18H15FN2OS/c1-12-3-2-4-13(9-12)10-16(22)21-18-17(20-11-23-18)14-5-7-15(19)8-6-14/h2-9,11H,10H2,1H3,(H,21,22). The van der Waals surface area contributed by atoms with Crippen LogP contribution in [0.3, 0.4) is 0 Å². The SMILES string of the molecule is Cc1cccc(CC(=O)Nc2scnc2-c2ccc(F)cc2)c1. The van der Waals surface area contributed by atoms with E-state index < -0.39 is 0 Å². The molecule has 5 heteroatoms. The first-order chi connectivity index (χ1) is 11.1. The number of aromatic nitrogens is 1. The highest BCUT2D eigenvalue weighted by molar-refractivity contribution is 7.14. The predicted molar refractivity (Wildman–Crippen MR) is 91.0 cm³/mol. The van der Waals surface area contributed by atoms with Crippen LogP contribution in [0, 0.1) is 12.7 Å². The zero-order valence-corrected chi connectivity index (χ0v) is 13.4. The third kappa shape index (κ3) is 3.81. The summed E-state index contributed by atoms with van der Waals surface area (Å²) in [6, 6.07) is 13.9. The van der Waals surface area contributed by atoms with Crippen LogP contribution >= 0.6 is 11.3 Å². The molecule has 2 aromatic carbocycles. The van der Waals surface area contributed by atoms with Gasteiger partial charge >= 0.3 is 0 Å². The van der Waals surface area contributed by atoms with Crippen LogP contribution in [0.4, 0.5) is 9.39 Å². The van der Waals surface area contributed by atoms with Crippen LogP contribution in [0.5, 0.6) is 0 Å². The van der Waals surface area contributed by atoms with Gasteiger partial charge in [0, 0.05) is 5.56 Å². The van der Waals surface area contributed by atoms with Crippen LogP contribution < -0.4 is 5.32 Å². The molecule has 0 aliphatic carbocycles. The normalized spacial score (nSPS) is 10.5. The summed E-state index contributed by atoms with van der Waals surface area (Å²) >= 11 is 1.35. The highest BCUT2D eigenvalue weighted by atomic mass is 32.1. The van der Waals surface area contributed by atoms with Gasteiger partial charge in [0.25, 0.3) is 0 Å². The van der Waals surface area contributed by atoms with E-state index in [1.165, 1.54) is 23.5 Å². The summed E-state index contributed by atoms with van der Waals surface area (Å²) in [6.45, 7) is 2.00. The van der Waals surface area contributed by atoms with Crippen molar-refractivity contribution in [3.8, 4) is 11.3 Å². The number of nitrogens with one attached hydrogen (secondary N) is 1. The van der Waals surface area contributed by atoms with E-state index in [-0.39, 0.29) is 11.7 Å². The predicted octanol–water partition coefficient (Wildman–Crippen LogP) is 4.44. The van der Waals surface area contributed by atoms with Crippen molar-refractivity contribution in [3.05, 3.63) is 71.0 Å². The number of carbonyl (C=O) groups excluding carboxylic acids is 1. The second kappa shape index (κ2) is 6.71. The summed E-state index contributed by atoms with van der Waals surface area (Å²) in [5.41, 5.74) is 5.20. The number of hydrogen-bond donors (Lipinski definition) is 1. The van der Waals surface area contributed by atoms with Gasteiger partial charge in [0.2, 0.25) is 5.91 Å². The molecule has 3 nitrogen and oxygen atoms in total. The minimum Gasteiger partial charge on any atom is -0.316 e. The van der Waals surface area contributed by atoms with E-state index in [4.69, 9.17) is 0 Å². The van der Waals surface area contributed by atoms with Crippen molar-refractivity contribution in [1.29, 1.82) is 0 Å². The number of thiazole rings is 1. The van der Waals surface area contributed by atoms with Crippen molar-refractivity contribution in [2.75, 3.05) is 5.32 Å². The van der Waals surface area contributed by atoms with Gasteiger partial charge < -0.3 is 5.32 Å². The number of halogens is 1. The van der Waals surface area contributed by atoms with Crippen LogP contribution in [0.25, 0.3) is 11.3 Å². The summed E-state index contributed by atoms with van der Waals surface area (Å²) in [7, 11) is 0. The maximum absolute atomic E-state index is 13.0. The smallest absolute Gasteiger partial charge is 0.229 e. The maximum Gasteiger partial charge on any atom is 0.229 e. The molecule has 0 unspecified atom stereocenters. The molecule has 0 aliphatic rings. The van der Waals surface area contributed by atoms with Crippen molar-refractivity contribution < 1.29 is 9.18 Å². The highest BCUT2D eigenvalue weighted by Gasteiger charge is 2.12. The Morgan fingerprint density at radius 3 is 2.74 bits per heavy atom. The fourth-order valence-electron chi connectivity index (χ4n) is 2.33. The number of nitrogens with zero attached hydrogens (tertiary/aromatic N) is 1. The molecule has 0 aliphatic heterocycles. The van der Waals surface area contributed by atoms with Gasteiger partial charge in [0.05, 0.1) is 11.9 Å². The molecule has 1 aromatic heterocycles. The van der Waals surface area contributed by atoms with Gasteiger partial charge in [-0.1, -0.05) is 29.8 Å². The summed E-state index contributed by atoms with van der Waals surface area (Å²) < 4.78 is 13.0. The van der Waals surface area contributed by atoms with Crippen LogP contribution in [0.2, 0.25) is 0 Å². The minimum atomic E-state index is -0.297. The summed E-state index contributed by atoms with van der Waals surface area (Å²) in [4.78, 5) is 16.5. The summed E-state index contributed by atoms with van der Waals surface area (Å²) in [5, 5.41) is 3.57. The van der Waals surface area contributed by atoms with Crippen molar-refractivity contribution in [3.63, 3.8) is 0 Å². The average molecular weight is 326 g/mol. The second-order valence-electron chi connectivity index (χ2n) is 5.25. The van der Waals surface area contributed by atoms with Crippen molar-refractivity contribution in [2.45, 2.75) is 13.3 Å². The molecule has 116 valence electrons. The molecule has 1 N–H and O–H groups in total. The Labute approximate surface area is 137 Å². The molecule has 0 saturated carbocycles. The van der Waals surface area contributed by atoms with Crippen LogP contribution in [-0.2, 0) is 11.2 Å². The van der Waals surface area contributed by atoms with E-state index in [2.05, 4.69) is 10.3 Å². The number of aryl methyl sites for hydroxylation is 1. The topological polar surface area (TPSA) is 42.0 Å². The number of amides is 1. The Morgan fingerprint density at radius 1 is 1.22 bits per heavy atom. The fourth-order valence-corrected chi connectivity index (χ4v) is 3.05. The molecule has 3 aromatic rings. The third-order valence-electron chi connectivity index (χ3n) is 3.39. The molecule has 0 atom stereocenters. The lowest BCUT2D eigenvalue weighted by Gasteiger charge is -2.06. The molecule has 0 spiro atoms. The van der Waals surface area contributed by atoms with E-state index in [0.29, 0.717) is 17.1 Å². The van der Waals surface area contributed by atoms with Crippen LogP contribution in [0.1, 0.15) is 11.1 Å². The Balaban J connectivity index is 1.75. The lowest BCUT2D eigenvalue weighted by molar-refractivity contribution is -0.115. The number of anilines is 1. The fraction of sp³-hybridized carbons (Fsp3) is 0.111. The van der Waals surface area contributed by atoms with Gasteiger partial charge in [-0.3, -0.25) is 4.79 Å². The summed E-state index contributed by atoms with van der Waals surface area (Å²) in [6.07, 6.45) is 0.308. The molecule has 1 amide bonds. The Hall–Kier alpha value is -2.53. The first-order valence-electron chi connectivity index (χ1n) is 7.16. The molecule has 0 bridgehead atoms. The van der Waals surface area contributed by atoms with Crippen LogP contribution in [-0.4, -0.2) is 10.9 Å². The molecule has 0 saturated heterocycles. The van der Waals surface area contributed by atoms with Gasteiger partial charge in [-0.15, -0.1) is 11.3 Å². The van der Waals surface area contributed by atoms with E-state index >= 15 is 0 Å². The molecule has 23 heavy (non-hydrogen) atoms. The van der Waals surface area contributed by atoms with Gasteiger partial charge in [-0.25, -0.2) is 9.37 Å². The number of rotatable bonds is 4. The van der Waals surface area contributed by atoms with Crippen molar-refractivity contribution in [2.24, 2.45) is 0 Å². The Morgan fingerprint density at radius 2 is 2.00 bits per heavy atom. The number of benzene rings is 2. The largest absolute Gasteiger partial charge is 0.316 e. The molecular formula is C18H15FN2OS. The third-order valence-corrected chi connectivity index (χ3v) is 4.13. The molecular weight excluding hydrogens is 311 g/mol. The van der Waals surface area contributed by atoms with E-state index in [9.17, 15) is 9.18 Å². The lowest BCUT2D eigenvalue weighted by atomic mass is 10.1. The number of carbonyl (C=O) groups is 1. The molecule has 1 heterocycles. The Bertz CT molecular complexity index is 827. The molecule has 3 rings (SSSR count). The zero-order valence-electron chi connectivity index (χ0n) is 12.5. The summed E-state index contributed by atoms with van der Waals surface area (Å²) in [5.74, 6) is -0.391. The second-order valence-corrected chi connectivity index (χ2v) is 6.11. The molecule has 0 radical (unpaired) electrons. The maximum atomic E-state index is 13.0. The van der Waals surface area contributed by atoms with Gasteiger partial charge in [-0.05, 0) is 36.8 Å². The minimum absolute atomic E-state index is 0.0942. The van der Waals surface area contributed by atoms with Crippen molar-refractivity contribution >= 4 is 22.2 Å². The monoisotopic (exact) mass is 326 g/mol. The van der Waals surface area contributed by atoms with Gasteiger partial charge in [0.15, 0.2) is 0 Å². The lowest BCUT2D eigenvalue weighted by Crippen LogP contribution is -2.14. The van der Waals surface area contributed by atoms with E-state index in [1.54, 1.807) is 17.6 Å². The van der Waals surface area contributed by atoms with E-state index in [1.807, 2.05) is 31.2 Å². The van der Waals surface area contributed by atoms with Gasteiger partial charge in [-0.2, -0.15) is 0 Å². The first-order valence-corrected chi connectivity index (χ1v) is 8.04. The zero-order chi connectivity index (χ0) is 16.2. The van der Waals surface area contributed by atoms with Crippen molar-refractivity contribution in [1.82, 2.24) is 4.98 Å². The number of hydrogen-bond acceptors (Lipinski definition) is 3. The Kier molecular flexibility index (Phi) is 4.48. The quantitative estimate of drug-likeness (QED) is 0.770. The average Bonchev–Trinajstić information content (AvgIpc) is 2.96. The molecule has 0 fully saturated rings. The van der Waals surface area contributed by atoms with Crippen LogP contribution in [0.15, 0.2) is 54.0 Å². The van der Waals surface area contributed by atoms with E-state index in [0.717, 1.165) is 16.7 Å².